The molecular formula is C21H30N4O4. The van der Waals surface area contributed by atoms with Crippen molar-refractivity contribution in [2.75, 3.05) is 45.7 Å². The van der Waals surface area contributed by atoms with Gasteiger partial charge in [-0.25, -0.2) is 4.79 Å². The van der Waals surface area contributed by atoms with Gasteiger partial charge in [0, 0.05) is 46.3 Å². The molecule has 4 amide bonds. The van der Waals surface area contributed by atoms with Crippen LogP contribution in [0.15, 0.2) is 24.3 Å². The van der Waals surface area contributed by atoms with Crippen LogP contribution in [-0.4, -0.2) is 74.1 Å². The molecule has 8 heteroatoms. The summed E-state index contributed by atoms with van der Waals surface area (Å²) in [5, 5.41) is 5.81. The van der Waals surface area contributed by atoms with Crippen LogP contribution in [0.25, 0.3) is 0 Å². The Bertz CT molecular complexity index is 738. The molecule has 8 nitrogen and oxygen atoms in total. The van der Waals surface area contributed by atoms with Crippen LogP contribution in [0.3, 0.4) is 0 Å². The molecule has 1 aromatic rings. The van der Waals surface area contributed by atoms with Crippen molar-refractivity contribution in [1.29, 1.82) is 0 Å². The zero-order valence-electron chi connectivity index (χ0n) is 17.1. The molecule has 0 aliphatic carbocycles. The summed E-state index contributed by atoms with van der Waals surface area (Å²) >= 11 is 0. The molecule has 0 bridgehead atoms. The monoisotopic (exact) mass is 402 g/mol. The lowest BCUT2D eigenvalue weighted by Gasteiger charge is -2.33. The highest BCUT2D eigenvalue weighted by Gasteiger charge is 2.28. The number of ether oxygens (including phenoxy) is 1. The normalized spacial score (nSPS) is 19.7. The predicted octanol–water partition coefficient (Wildman–Crippen LogP) is 1.93. The molecular weight excluding hydrogens is 372 g/mol. The molecule has 2 saturated heterocycles. The Hall–Kier alpha value is -2.61. The molecule has 0 saturated carbocycles. The average molecular weight is 402 g/mol. The van der Waals surface area contributed by atoms with E-state index in [0.29, 0.717) is 43.7 Å². The molecule has 2 aliphatic heterocycles. The number of hydrogen-bond donors (Lipinski definition) is 2. The fraction of sp³-hybridized carbons (Fsp3) is 0.571. The summed E-state index contributed by atoms with van der Waals surface area (Å²) in [7, 11) is 3.45. The van der Waals surface area contributed by atoms with Crippen LogP contribution in [0.2, 0.25) is 0 Å². The molecule has 0 spiro atoms. The van der Waals surface area contributed by atoms with E-state index in [1.54, 1.807) is 48.2 Å². The second-order valence-corrected chi connectivity index (χ2v) is 7.82. The number of urea groups is 1. The van der Waals surface area contributed by atoms with E-state index in [4.69, 9.17) is 4.74 Å². The van der Waals surface area contributed by atoms with E-state index in [2.05, 4.69) is 10.6 Å². The van der Waals surface area contributed by atoms with Gasteiger partial charge in [0.25, 0.3) is 5.91 Å². The van der Waals surface area contributed by atoms with Gasteiger partial charge in [-0.2, -0.15) is 0 Å². The number of rotatable bonds is 5. The third kappa shape index (κ3) is 5.47. The van der Waals surface area contributed by atoms with E-state index in [1.807, 2.05) is 0 Å². The standard InChI is InChI=1S/C21H30N4O4/c1-24(2)21(28)25-11-9-15(10-12-25)19(26)23-18-8-4-3-7-17(18)20(27)22-14-16-6-5-13-29-16/h3-4,7-8,15-16H,5-6,9-14H2,1-2H3,(H,22,27)(H,23,26). The van der Waals surface area contributed by atoms with Crippen LogP contribution < -0.4 is 10.6 Å². The number of likely N-dealkylation sites (tertiary alicyclic amines) is 1. The molecule has 1 aromatic carbocycles. The Balaban J connectivity index is 1.55. The Morgan fingerprint density at radius 1 is 1.14 bits per heavy atom. The molecule has 2 heterocycles. The van der Waals surface area contributed by atoms with Crippen LogP contribution in [0.5, 0.6) is 0 Å². The lowest BCUT2D eigenvalue weighted by atomic mass is 9.95. The fourth-order valence-electron chi connectivity index (χ4n) is 3.75. The molecule has 29 heavy (non-hydrogen) atoms. The van der Waals surface area contributed by atoms with Crippen molar-refractivity contribution in [3.63, 3.8) is 0 Å². The van der Waals surface area contributed by atoms with Gasteiger partial charge in [0.1, 0.15) is 0 Å². The lowest BCUT2D eigenvalue weighted by Crippen LogP contribution is -2.45. The van der Waals surface area contributed by atoms with Crippen molar-refractivity contribution >= 4 is 23.5 Å². The van der Waals surface area contributed by atoms with Gasteiger partial charge in [0.15, 0.2) is 0 Å². The van der Waals surface area contributed by atoms with Gasteiger partial charge < -0.3 is 25.2 Å². The lowest BCUT2D eigenvalue weighted by molar-refractivity contribution is -0.121. The first-order valence-corrected chi connectivity index (χ1v) is 10.2. The van der Waals surface area contributed by atoms with Gasteiger partial charge in [0.05, 0.1) is 17.4 Å². The van der Waals surface area contributed by atoms with Crippen molar-refractivity contribution in [2.24, 2.45) is 5.92 Å². The van der Waals surface area contributed by atoms with E-state index in [-0.39, 0.29) is 29.9 Å². The minimum absolute atomic E-state index is 0.0304. The summed E-state index contributed by atoms with van der Waals surface area (Å²) in [6, 6.07) is 6.99. The van der Waals surface area contributed by atoms with Gasteiger partial charge in [-0.05, 0) is 37.8 Å². The summed E-state index contributed by atoms with van der Waals surface area (Å²) < 4.78 is 5.54. The molecule has 2 fully saturated rings. The SMILES string of the molecule is CN(C)C(=O)N1CCC(C(=O)Nc2ccccc2C(=O)NCC2CCCO2)CC1. The topological polar surface area (TPSA) is 91.0 Å². The zero-order chi connectivity index (χ0) is 20.8. The van der Waals surface area contributed by atoms with E-state index in [9.17, 15) is 14.4 Å². The number of hydrogen-bond acceptors (Lipinski definition) is 4. The van der Waals surface area contributed by atoms with Crippen molar-refractivity contribution in [2.45, 2.75) is 31.8 Å². The minimum atomic E-state index is -0.220. The molecule has 1 atom stereocenters. The highest BCUT2D eigenvalue weighted by atomic mass is 16.5. The number of anilines is 1. The fourth-order valence-corrected chi connectivity index (χ4v) is 3.75. The molecule has 3 rings (SSSR count). The van der Waals surface area contributed by atoms with Gasteiger partial charge >= 0.3 is 6.03 Å². The van der Waals surface area contributed by atoms with E-state index < -0.39 is 0 Å². The predicted molar refractivity (Wildman–Crippen MR) is 110 cm³/mol. The van der Waals surface area contributed by atoms with Crippen LogP contribution in [0, 0.1) is 5.92 Å². The third-order valence-electron chi connectivity index (χ3n) is 5.46. The van der Waals surface area contributed by atoms with Crippen molar-refractivity contribution < 1.29 is 19.1 Å². The number of nitrogens with one attached hydrogen (secondary N) is 2. The second-order valence-electron chi connectivity index (χ2n) is 7.82. The first kappa shape index (κ1) is 21.1. The maximum Gasteiger partial charge on any atom is 0.319 e. The largest absolute Gasteiger partial charge is 0.376 e. The molecule has 0 radical (unpaired) electrons. The molecule has 1 unspecified atom stereocenters. The van der Waals surface area contributed by atoms with Gasteiger partial charge in [-0.1, -0.05) is 12.1 Å². The maximum atomic E-state index is 12.7. The quantitative estimate of drug-likeness (QED) is 0.787. The van der Waals surface area contributed by atoms with Gasteiger partial charge in [0.2, 0.25) is 5.91 Å². The Morgan fingerprint density at radius 3 is 2.52 bits per heavy atom. The van der Waals surface area contributed by atoms with Crippen LogP contribution in [0.4, 0.5) is 10.5 Å². The Kier molecular flexibility index (Phi) is 7.09. The number of carbonyl (C=O) groups excluding carboxylic acids is 3. The van der Waals surface area contributed by atoms with Crippen molar-refractivity contribution in [3.05, 3.63) is 29.8 Å². The molecule has 158 valence electrons. The van der Waals surface area contributed by atoms with E-state index >= 15 is 0 Å². The van der Waals surface area contributed by atoms with E-state index in [0.717, 1.165) is 19.4 Å². The van der Waals surface area contributed by atoms with Gasteiger partial charge in [-0.3, -0.25) is 9.59 Å². The summed E-state index contributed by atoms with van der Waals surface area (Å²) in [6.45, 7) is 2.32. The van der Waals surface area contributed by atoms with E-state index in [1.165, 1.54) is 0 Å². The van der Waals surface area contributed by atoms with Crippen molar-refractivity contribution in [3.8, 4) is 0 Å². The molecule has 0 aromatic heterocycles. The van der Waals surface area contributed by atoms with Crippen molar-refractivity contribution in [1.82, 2.24) is 15.1 Å². The third-order valence-corrected chi connectivity index (χ3v) is 5.46. The molecule has 2 N–H and O–H groups in total. The van der Waals surface area contributed by atoms with Gasteiger partial charge in [-0.15, -0.1) is 0 Å². The number of amides is 4. The second kappa shape index (κ2) is 9.73. The Labute approximate surface area is 171 Å². The number of carbonyl (C=O) groups is 3. The first-order valence-electron chi connectivity index (χ1n) is 10.2. The van der Waals surface area contributed by atoms with Crippen LogP contribution in [-0.2, 0) is 9.53 Å². The highest BCUT2D eigenvalue weighted by molar-refractivity contribution is 6.04. The smallest absolute Gasteiger partial charge is 0.319 e. The summed E-state index contributed by atoms with van der Waals surface area (Å²) in [4.78, 5) is 40.7. The number of para-hydroxylation sites is 1. The highest BCUT2D eigenvalue weighted by Crippen LogP contribution is 2.22. The van der Waals surface area contributed by atoms with Crippen LogP contribution >= 0.6 is 0 Å². The first-order chi connectivity index (χ1) is 14.0. The number of piperidine rings is 1. The number of nitrogens with zero attached hydrogens (tertiary/aromatic N) is 2. The number of benzene rings is 1. The summed E-state index contributed by atoms with van der Waals surface area (Å²) in [6.07, 6.45) is 3.26. The molecule has 2 aliphatic rings. The average Bonchev–Trinajstić information content (AvgIpc) is 3.25. The Morgan fingerprint density at radius 2 is 1.86 bits per heavy atom. The maximum absolute atomic E-state index is 12.7. The van der Waals surface area contributed by atoms with Crippen LogP contribution in [0.1, 0.15) is 36.0 Å². The summed E-state index contributed by atoms with van der Waals surface area (Å²) in [5.74, 6) is -0.506. The minimum Gasteiger partial charge on any atom is -0.376 e. The summed E-state index contributed by atoms with van der Waals surface area (Å²) in [5.41, 5.74) is 0.952. The zero-order valence-corrected chi connectivity index (χ0v) is 17.1.